The average Bonchev–Trinajstić information content (AvgIpc) is 2.78. The molecule has 0 aromatic rings. The summed E-state index contributed by atoms with van der Waals surface area (Å²) in [5, 5.41) is 0. The van der Waals surface area contributed by atoms with Crippen molar-refractivity contribution in [1.82, 2.24) is 4.90 Å². The Morgan fingerprint density at radius 3 is 3.12 bits per heavy atom. The predicted molar refractivity (Wildman–Crippen MR) is 66.6 cm³/mol. The first-order valence-corrected chi connectivity index (χ1v) is 6.61. The molecule has 17 heavy (non-hydrogen) atoms. The molecule has 2 aliphatic rings. The summed E-state index contributed by atoms with van der Waals surface area (Å²) in [4.78, 5) is 14.1. The molecule has 3 nitrogen and oxygen atoms in total. The summed E-state index contributed by atoms with van der Waals surface area (Å²) < 4.78 is 5.46. The first kappa shape index (κ1) is 12.6. The van der Waals surface area contributed by atoms with Crippen LogP contribution >= 0.6 is 0 Å². The van der Waals surface area contributed by atoms with Gasteiger partial charge in [-0.05, 0) is 25.2 Å². The van der Waals surface area contributed by atoms with E-state index in [1.165, 1.54) is 0 Å². The van der Waals surface area contributed by atoms with Crippen molar-refractivity contribution in [1.29, 1.82) is 0 Å². The molecule has 0 N–H and O–H groups in total. The molecule has 0 amide bonds. The van der Waals surface area contributed by atoms with Crippen LogP contribution < -0.4 is 0 Å². The molecule has 0 aromatic heterocycles. The maximum atomic E-state index is 11.7. The van der Waals surface area contributed by atoms with Crippen molar-refractivity contribution in [2.24, 2.45) is 5.92 Å². The molecule has 3 unspecified atom stereocenters. The van der Waals surface area contributed by atoms with Gasteiger partial charge in [0.05, 0.1) is 19.3 Å². The van der Waals surface area contributed by atoms with Gasteiger partial charge in [0.2, 0.25) is 5.78 Å². The lowest BCUT2D eigenvalue weighted by molar-refractivity contribution is -0.116. The molecule has 0 aliphatic carbocycles. The lowest BCUT2D eigenvalue weighted by atomic mass is 10.0. The van der Waals surface area contributed by atoms with Crippen LogP contribution in [0.2, 0.25) is 0 Å². The summed E-state index contributed by atoms with van der Waals surface area (Å²) in [5.74, 6) is 6.16. The van der Waals surface area contributed by atoms with Crippen LogP contribution in [-0.2, 0) is 9.53 Å². The molecule has 0 bridgehead atoms. The van der Waals surface area contributed by atoms with Crippen molar-refractivity contribution >= 4 is 5.78 Å². The number of rotatable bonds is 2. The number of fused-ring (bicyclic) bond motifs is 1. The number of ether oxygens (including phenoxy) is 1. The van der Waals surface area contributed by atoms with Crippen LogP contribution in [0.5, 0.6) is 0 Å². The molecule has 94 valence electrons. The zero-order chi connectivity index (χ0) is 12.3. The van der Waals surface area contributed by atoms with Gasteiger partial charge in [-0.3, -0.25) is 9.69 Å². The molecule has 0 spiro atoms. The van der Waals surface area contributed by atoms with E-state index in [0.717, 1.165) is 39.0 Å². The second kappa shape index (κ2) is 5.66. The Bertz CT molecular complexity index is 342. The lowest BCUT2D eigenvalue weighted by Crippen LogP contribution is -2.44. The molecule has 2 heterocycles. The first-order chi connectivity index (χ1) is 8.22. The van der Waals surface area contributed by atoms with Crippen LogP contribution in [0.15, 0.2) is 0 Å². The van der Waals surface area contributed by atoms with E-state index in [2.05, 4.69) is 16.7 Å². The number of hydrogen-bond acceptors (Lipinski definition) is 3. The van der Waals surface area contributed by atoms with E-state index in [9.17, 15) is 4.79 Å². The highest BCUT2D eigenvalue weighted by atomic mass is 16.5. The molecule has 3 heteroatoms. The first-order valence-electron chi connectivity index (χ1n) is 6.61. The highest BCUT2D eigenvalue weighted by Gasteiger charge is 2.34. The number of carbonyl (C=O) groups excluding carboxylic acids is 1. The summed E-state index contributed by atoms with van der Waals surface area (Å²) >= 11 is 0. The number of hydrogen-bond donors (Lipinski definition) is 0. The van der Waals surface area contributed by atoms with Gasteiger partial charge in [0.1, 0.15) is 0 Å². The van der Waals surface area contributed by atoms with Gasteiger partial charge in [0.25, 0.3) is 0 Å². The third kappa shape index (κ3) is 2.88. The topological polar surface area (TPSA) is 29.5 Å². The molecule has 0 saturated carbocycles. The van der Waals surface area contributed by atoms with Gasteiger partial charge in [0, 0.05) is 18.5 Å². The van der Waals surface area contributed by atoms with Gasteiger partial charge in [0.15, 0.2) is 0 Å². The van der Waals surface area contributed by atoms with Gasteiger partial charge < -0.3 is 4.74 Å². The summed E-state index contributed by atoms with van der Waals surface area (Å²) in [6.45, 7) is 6.56. The van der Waals surface area contributed by atoms with E-state index < -0.39 is 0 Å². The van der Waals surface area contributed by atoms with Crippen molar-refractivity contribution in [2.75, 3.05) is 19.8 Å². The highest BCUT2D eigenvalue weighted by molar-refractivity contribution is 5.97. The third-order valence-corrected chi connectivity index (χ3v) is 3.87. The summed E-state index contributed by atoms with van der Waals surface area (Å²) in [5.41, 5.74) is 0. The minimum Gasteiger partial charge on any atom is -0.378 e. The van der Waals surface area contributed by atoms with Crippen molar-refractivity contribution in [3.05, 3.63) is 0 Å². The van der Waals surface area contributed by atoms with Gasteiger partial charge in [-0.15, -0.1) is 0 Å². The summed E-state index contributed by atoms with van der Waals surface area (Å²) in [6.07, 6.45) is 3.10. The number of nitrogens with zero attached hydrogens (tertiary/aromatic N) is 1. The lowest BCUT2D eigenvalue weighted by Gasteiger charge is -2.31. The second-order valence-electron chi connectivity index (χ2n) is 5.00. The number of morpholine rings is 1. The van der Waals surface area contributed by atoms with Gasteiger partial charge in [-0.1, -0.05) is 19.8 Å². The quantitative estimate of drug-likeness (QED) is 0.536. The van der Waals surface area contributed by atoms with E-state index >= 15 is 0 Å². The van der Waals surface area contributed by atoms with E-state index in [-0.39, 0.29) is 17.7 Å². The SMILES string of the molecule is CCC(C)C(=O)C#CC1CCC2COCCN12. The minimum absolute atomic E-state index is 0.0735. The molecular weight excluding hydrogens is 214 g/mol. The van der Waals surface area contributed by atoms with Crippen LogP contribution in [0.25, 0.3) is 0 Å². The Morgan fingerprint density at radius 2 is 2.35 bits per heavy atom. The number of ketones is 1. The van der Waals surface area contributed by atoms with Crippen molar-refractivity contribution in [3.63, 3.8) is 0 Å². The minimum atomic E-state index is 0.0735. The van der Waals surface area contributed by atoms with Crippen LogP contribution in [-0.4, -0.2) is 42.5 Å². The van der Waals surface area contributed by atoms with Gasteiger partial charge in [-0.25, -0.2) is 0 Å². The second-order valence-corrected chi connectivity index (χ2v) is 5.00. The molecule has 2 aliphatic heterocycles. The van der Waals surface area contributed by atoms with Crippen molar-refractivity contribution in [3.8, 4) is 11.8 Å². The highest BCUT2D eigenvalue weighted by Crippen LogP contribution is 2.25. The average molecular weight is 235 g/mol. The molecule has 2 rings (SSSR count). The smallest absolute Gasteiger partial charge is 0.208 e. The Labute approximate surface area is 104 Å². The molecule has 2 fully saturated rings. The third-order valence-electron chi connectivity index (χ3n) is 3.87. The summed E-state index contributed by atoms with van der Waals surface area (Å²) in [7, 11) is 0. The zero-order valence-electron chi connectivity index (χ0n) is 10.7. The van der Waals surface area contributed by atoms with E-state index in [4.69, 9.17) is 4.74 Å². The zero-order valence-corrected chi connectivity index (χ0v) is 10.7. The van der Waals surface area contributed by atoms with Crippen LogP contribution in [0.4, 0.5) is 0 Å². The molecule has 3 atom stereocenters. The maximum Gasteiger partial charge on any atom is 0.208 e. The molecule has 0 aromatic carbocycles. The largest absolute Gasteiger partial charge is 0.378 e. The van der Waals surface area contributed by atoms with E-state index in [1.54, 1.807) is 0 Å². The Hall–Kier alpha value is -0.850. The fourth-order valence-corrected chi connectivity index (χ4v) is 2.46. The van der Waals surface area contributed by atoms with Crippen LogP contribution in [0, 0.1) is 17.8 Å². The maximum absolute atomic E-state index is 11.7. The van der Waals surface area contributed by atoms with Crippen molar-refractivity contribution in [2.45, 2.75) is 45.2 Å². The normalized spacial score (nSPS) is 30.2. The monoisotopic (exact) mass is 235 g/mol. The molecule has 0 radical (unpaired) electrons. The molecule has 2 saturated heterocycles. The summed E-state index contributed by atoms with van der Waals surface area (Å²) in [6, 6.07) is 0.804. The predicted octanol–water partition coefficient (Wildman–Crippen LogP) is 1.47. The van der Waals surface area contributed by atoms with Crippen molar-refractivity contribution < 1.29 is 9.53 Å². The van der Waals surface area contributed by atoms with Gasteiger partial charge in [-0.2, -0.15) is 0 Å². The molecular formula is C14H21NO2. The fraction of sp³-hybridized carbons (Fsp3) is 0.786. The van der Waals surface area contributed by atoms with E-state index in [0.29, 0.717) is 6.04 Å². The van der Waals surface area contributed by atoms with E-state index in [1.807, 2.05) is 13.8 Å². The fourth-order valence-electron chi connectivity index (χ4n) is 2.46. The Kier molecular flexibility index (Phi) is 4.20. The Morgan fingerprint density at radius 1 is 1.53 bits per heavy atom. The van der Waals surface area contributed by atoms with Crippen LogP contribution in [0.3, 0.4) is 0 Å². The number of Topliss-reactive ketones (excluding diaryl/α,β-unsaturated/α-hetero) is 1. The van der Waals surface area contributed by atoms with Gasteiger partial charge >= 0.3 is 0 Å². The Balaban J connectivity index is 1.95. The van der Waals surface area contributed by atoms with Crippen LogP contribution in [0.1, 0.15) is 33.1 Å². The number of carbonyl (C=O) groups is 1. The standard InChI is InChI=1S/C14H21NO2/c1-3-11(2)14(16)7-6-12-4-5-13-10-17-9-8-15(12)13/h11-13H,3-5,8-10H2,1-2H3.